The number of thioether (sulfide) groups is 1. The second-order valence-corrected chi connectivity index (χ2v) is 4.75. The highest BCUT2D eigenvalue weighted by Gasteiger charge is 2.38. The Labute approximate surface area is 71.1 Å². The minimum Gasteiger partial charge on any atom is -0.341 e. The molecule has 0 aromatic rings. The summed E-state index contributed by atoms with van der Waals surface area (Å²) in [5.41, 5.74) is 0. The highest BCUT2D eigenvalue weighted by atomic mass is 32.2. The third-order valence-corrected chi connectivity index (χ3v) is 3.98. The number of hydrogen-bond acceptors (Lipinski definition) is 2. The summed E-state index contributed by atoms with van der Waals surface area (Å²) in [7, 11) is 0. The molecule has 1 spiro atoms. The summed E-state index contributed by atoms with van der Waals surface area (Å²) in [4.78, 5) is 11.1. The van der Waals surface area contributed by atoms with Crippen molar-refractivity contribution < 1.29 is 4.79 Å². The SMILES string of the molecule is O=C1CSC2(CCCCC2)N1. The first-order valence-corrected chi connectivity index (χ1v) is 5.24. The van der Waals surface area contributed by atoms with E-state index >= 15 is 0 Å². The lowest BCUT2D eigenvalue weighted by molar-refractivity contribution is -0.118. The zero-order chi connectivity index (χ0) is 7.73. The fraction of sp³-hybridized carbons (Fsp3) is 0.875. The summed E-state index contributed by atoms with van der Waals surface area (Å²) in [5.74, 6) is 0.914. The van der Waals surface area contributed by atoms with Crippen LogP contribution in [0.25, 0.3) is 0 Å². The first-order valence-electron chi connectivity index (χ1n) is 4.26. The quantitative estimate of drug-likeness (QED) is 0.598. The second-order valence-electron chi connectivity index (χ2n) is 3.39. The van der Waals surface area contributed by atoms with Crippen molar-refractivity contribution in [2.75, 3.05) is 5.75 Å². The third kappa shape index (κ3) is 1.39. The Bertz CT molecular complexity index is 175. The predicted octanol–water partition coefficient (Wildman–Crippen LogP) is 1.51. The van der Waals surface area contributed by atoms with Gasteiger partial charge in [0.2, 0.25) is 5.91 Å². The van der Waals surface area contributed by atoms with E-state index in [0.717, 1.165) is 0 Å². The molecule has 3 heteroatoms. The Balaban J connectivity index is 2.03. The summed E-state index contributed by atoms with van der Waals surface area (Å²) in [6.45, 7) is 0. The van der Waals surface area contributed by atoms with Crippen LogP contribution in [0, 0.1) is 0 Å². The van der Waals surface area contributed by atoms with Crippen LogP contribution in [0.3, 0.4) is 0 Å². The maximum atomic E-state index is 11.0. The molecule has 2 fully saturated rings. The topological polar surface area (TPSA) is 29.1 Å². The van der Waals surface area contributed by atoms with Crippen LogP contribution in [0.1, 0.15) is 32.1 Å². The first-order chi connectivity index (χ1) is 5.31. The molecule has 0 aromatic heterocycles. The van der Waals surface area contributed by atoms with Gasteiger partial charge in [0, 0.05) is 0 Å². The zero-order valence-corrected chi connectivity index (χ0v) is 7.38. The van der Waals surface area contributed by atoms with Crippen LogP contribution in [0.5, 0.6) is 0 Å². The van der Waals surface area contributed by atoms with Crippen LogP contribution >= 0.6 is 11.8 Å². The fourth-order valence-corrected chi connectivity index (χ4v) is 3.17. The van der Waals surface area contributed by atoms with Gasteiger partial charge in [-0.15, -0.1) is 11.8 Å². The number of amides is 1. The highest BCUT2D eigenvalue weighted by molar-refractivity contribution is 8.01. The number of rotatable bonds is 0. The third-order valence-electron chi connectivity index (χ3n) is 2.51. The van der Waals surface area contributed by atoms with E-state index in [1.165, 1.54) is 32.1 Å². The van der Waals surface area contributed by atoms with Gasteiger partial charge in [0.05, 0.1) is 10.6 Å². The van der Waals surface area contributed by atoms with Crippen molar-refractivity contribution >= 4 is 17.7 Å². The van der Waals surface area contributed by atoms with Gasteiger partial charge in [0.25, 0.3) is 0 Å². The minimum absolute atomic E-state index is 0.162. The fourth-order valence-electron chi connectivity index (χ4n) is 1.92. The minimum atomic E-state index is 0.162. The molecular weight excluding hydrogens is 158 g/mol. The summed E-state index contributed by atoms with van der Waals surface area (Å²) < 4.78 is 0. The summed E-state index contributed by atoms with van der Waals surface area (Å²) in [5, 5.41) is 3.09. The van der Waals surface area contributed by atoms with Crippen LogP contribution in [0.4, 0.5) is 0 Å². The molecule has 1 heterocycles. The van der Waals surface area contributed by atoms with Gasteiger partial charge in [0.1, 0.15) is 0 Å². The standard InChI is InChI=1S/C8H13NOS/c10-7-6-11-8(9-7)4-2-1-3-5-8/h1-6H2,(H,9,10). The van der Waals surface area contributed by atoms with Crippen LogP contribution < -0.4 is 5.32 Å². The molecule has 0 bridgehead atoms. The van der Waals surface area contributed by atoms with Crippen molar-refractivity contribution in [1.29, 1.82) is 0 Å². The lowest BCUT2D eigenvalue weighted by Gasteiger charge is -2.31. The maximum Gasteiger partial charge on any atom is 0.231 e. The van der Waals surface area contributed by atoms with E-state index in [1.54, 1.807) is 0 Å². The van der Waals surface area contributed by atoms with Gasteiger partial charge in [0.15, 0.2) is 0 Å². The Morgan fingerprint density at radius 1 is 1.27 bits per heavy atom. The van der Waals surface area contributed by atoms with Gasteiger partial charge in [-0.05, 0) is 12.8 Å². The van der Waals surface area contributed by atoms with E-state index in [9.17, 15) is 4.79 Å². The van der Waals surface area contributed by atoms with Gasteiger partial charge in [-0.1, -0.05) is 19.3 Å². The first kappa shape index (κ1) is 7.47. The molecular formula is C8H13NOS. The number of carbonyl (C=O) groups excluding carboxylic acids is 1. The van der Waals surface area contributed by atoms with Gasteiger partial charge in [-0.25, -0.2) is 0 Å². The number of carbonyl (C=O) groups is 1. The summed E-state index contributed by atoms with van der Waals surface area (Å²) in [6.07, 6.45) is 6.28. The van der Waals surface area contributed by atoms with Crippen LogP contribution in [0.15, 0.2) is 0 Å². The van der Waals surface area contributed by atoms with E-state index in [4.69, 9.17) is 0 Å². The lowest BCUT2D eigenvalue weighted by Crippen LogP contribution is -2.41. The molecule has 11 heavy (non-hydrogen) atoms. The van der Waals surface area contributed by atoms with Crippen LogP contribution in [-0.4, -0.2) is 16.5 Å². The van der Waals surface area contributed by atoms with Crippen LogP contribution in [0.2, 0.25) is 0 Å². The average Bonchev–Trinajstić information content (AvgIpc) is 2.34. The van der Waals surface area contributed by atoms with E-state index in [2.05, 4.69) is 5.32 Å². The summed E-state index contributed by atoms with van der Waals surface area (Å²) in [6, 6.07) is 0. The van der Waals surface area contributed by atoms with Gasteiger partial charge in [-0.3, -0.25) is 4.79 Å². The molecule has 1 saturated carbocycles. The number of nitrogens with one attached hydrogen (secondary N) is 1. The Morgan fingerprint density at radius 2 is 2.00 bits per heavy atom. The van der Waals surface area contributed by atoms with Gasteiger partial charge < -0.3 is 5.32 Å². The Hall–Kier alpha value is -0.180. The molecule has 0 aromatic carbocycles. The van der Waals surface area contributed by atoms with Crippen molar-refractivity contribution in [2.24, 2.45) is 0 Å². The molecule has 0 radical (unpaired) electrons. The smallest absolute Gasteiger partial charge is 0.231 e. The molecule has 1 saturated heterocycles. The molecule has 1 N–H and O–H groups in total. The van der Waals surface area contributed by atoms with E-state index in [-0.39, 0.29) is 10.8 Å². The molecule has 2 rings (SSSR count). The van der Waals surface area contributed by atoms with Crippen molar-refractivity contribution in [3.05, 3.63) is 0 Å². The van der Waals surface area contributed by atoms with E-state index < -0.39 is 0 Å². The van der Waals surface area contributed by atoms with Gasteiger partial charge >= 0.3 is 0 Å². The van der Waals surface area contributed by atoms with E-state index in [1.807, 2.05) is 11.8 Å². The molecule has 1 aliphatic carbocycles. The molecule has 62 valence electrons. The van der Waals surface area contributed by atoms with E-state index in [0.29, 0.717) is 5.75 Å². The Kier molecular flexibility index (Phi) is 1.83. The van der Waals surface area contributed by atoms with Crippen molar-refractivity contribution in [3.8, 4) is 0 Å². The van der Waals surface area contributed by atoms with Crippen LogP contribution in [-0.2, 0) is 4.79 Å². The Morgan fingerprint density at radius 3 is 2.55 bits per heavy atom. The molecule has 1 amide bonds. The monoisotopic (exact) mass is 171 g/mol. The molecule has 1 aliphatic heterocycles. The second kappa shape index (κ2) is 2.70. The average molecular weight is 171 g/mol. The van der Waals surface area contributed by atoms with Gasteiger partial charge in [-0.2, -0.15) is 0 Å². The van der Waals surface area contributed by atoms with Crippen molar-refractivity contribution in [3.63, 3.8) is 0 Å². The lowest BCUT2D eigenvalue weighted by atomic mass is 9.95. The number of hydrogen-bond donors (Lipinski definition) is 1. The normalized spacial score (nSPS) is 28.9. The molecule has 2 nitrogen and oxygen atoms in total. The summed E-state index contributed by atoms with van der Waals surface area (Å²) >= 11 is 1.81. The maximum absolute atomic E-state index is 11.0. The zero-order valence-electron chi connectivity index (χ0n) is 6.56. The molecule has 0 atom stereocenters. The largest absolute Gasteiger partial charge is 0.341 e. The molecule has 2 aliphatic rings. The van der Waals surface area contributed by atoms with Crippen molar-refractivity contribution in [1.82, 2.24) is 5.32 Å². The highest BCUT2D eigenvalue weighted by Crippen LogP contribution is 2.40. The predicted molar refractivity (Wildman–Crippen MR) is 46.4 cm³/mol. The van der Waals surface area contributed by atoms with Crippen molar-refractivity contribution in [2.45, 2.75) is 37.0 Å². The molecule has 0 unspecified atom stereocenters.